The maximum atomic E-state index is 13.7. The molecular weight excluding hydrogens is 350 g/mol. The van der Waals surface area contributed by atoms with Gasteiger partial charge in [-0.05, 0) is 69.4 Å². The zero-order chi connectivity index (χ0) is 19.3. The van der Waals surface area contributed by atoms with Crippen LogP contribution in [0.1, 0.15) is 51.2 Å². The van der Waals surface area contributed by atoms with Gasteiger partial charge in [0.25, 0.3) is 0 Å². The monoisotopic (exact) mass is 371 g/mol. The van der Waals surface area contributed by atoms with Crippen molar-refractivity contribution in [3.05, 3.63) is 41.2 Å². The lowest BCUT2D eigenvalue weighted by atomic mass is 9.93. The average Bonchev–Trinajstić information content (AvgIpc) is 2.74. The highest BCUT2D eigenvalue weighted by Gasteiger charge is 2.42. The minimum absolute atomic E-state index is 0.146. The molecule has 0 spiro atoms. The molecule has 1 aromatic carbocycles. The highest BCUT2D eigenvalue weighted by molar-refractivity contribution is 5.75. The van der Waals surface area contributed by atoms with Gasteiger partial charge in [0.15, 0.2) is 0 Å². The molecule has 0 radical (unpaired) electrons. The Kier molecular flexibility index (Phi) is 4.53. The van der Waals surface area contributed by atoms with E-state index in [9.17, 15) is 22.4 Å². The first-order valence-corrected chi connectivity index (χ1v) is 8.54. The Morgan fingerprint density at radius 2 is 1.85 bits per heavy atom. The van der Waals surface area contributed by atoms with Gasteiger partial charge in [-0.2, -0.15) is 13.2 Å². The van der Waals surface area contributed by atoms with Crippen molar-refractivity contribution in [2.45, 2.75) is 63.9 Å². The first-order valence-electron chi connectivity index (χ1n) is 8.54. The summed E-state index contributed by atoms with van der Waals surface area (Å²) in [5, 5.41) is 0. The predicted octanol–water partition coefficient (Wildman–Crippen LogP) is 5.40. The number of alkyl halides is 3. The molecule has 7 heteroatoms. The third-order valence-electron chi connectivity index (χ3n) is 4.60. The average molecular weight is 371 g/mol. The number of rotatable bonds is 1. The summed E-state index contributed by atoms with van der Waals surface area (Å²) in [6, 6.07) is 2.19. The quantitative estimate of drug-likeness (QED) is 0.619. The summed E-state index contributed by atoms with van der Waals surface area (Å²) >= 11 is 0. The minimum Gasteiger partial charge on any atom is -0.444 e. The largest absolute Gasteiger partial charge is 0.444 e. The van der Waals surface area contributed by atoms with Crippen LogP contribution >= 0.6 is 0 Å². The number of ether oxygens (including phenoxy) is 1. The van der Waals surface area contributed by atoms with Crippen LogP contribution < -0.4 is 0 Å². The summed E-state index contributed by atoms with van der Waals surface area (Å²) in [5.41, 5.74) is -0.763. The maximum Gasteiger partial charge on any atom is 0.416 e. The summed E-state index contributed by atoms with van der Waals surface area (Å²) in [6.07, 6.45) is -1.41. The molecule has 1 fully saturated rings. The van der Waals surface area contributed by atoms with Crippen molar-refractivity contribution in [3.63, 3.8) is 0 Å². The van der Waals surface area contributed by atoms with Crippen molar-refractivity contribution >= 4 is 11.7 Å². The summed E-state index contributed by atoms with van der Waals surface area (Å²) in [6.45, 7) is 5.34. The number of nitrogens with zero attached hydrogens (tertiary/aromatic N) is 1. The molecule has 3 nitrogen and oxygen atoms in total. The van der Waals surface area contributed by atoms with Crippen molar-refractivity contribution in [3.8, 4) is 0 Å². The molecule has 26 heavy (non-hydrogen) atoms. The molecule has 2 bridgehead atoms. The standard InChI is InChI=1S/C19H21F4NO2/c1-18(2,3)26-17(25)24-15-4-5-16(24)9-12(8-15)11-6-13(19(21,22)23)10-14(20)7-11/h6-8,10,15-16H,4-5,9H2,1-3H3. The molecule has 1 aromatic rings. The fraction of sp³-hybridized carbons (Fsp3) is 0.526. The zero-order valence-corrected chi connectivity index (χ0v) is 14.9. The number of carbonyl (C=O) groups is 1. The van der Waals surface area contributed by atoms with Gasteiger partial charge in [-0.1, -0.05) is 6.08 Å². The van der Waals surface area contributed by atoms with E-state index in [0.717, 1.165) is 25.0 Å². The normalized spacial score (nSPS) is 23.0. The molecule has 142 valence electrons. The Hall–Kier alpha value is -2.05. The molecule has 2 aliphatic heterocycles. The first-order chi connectivity index (χ1) is 11.9. The molecule has 1 saturated heterocycles. The summed E-state index contributed by atoms with van der Waals surface area (Å²) in [7, 11) is 0. The van der Waals surface area contributed by atoms with Crippen molar-refractivity contribution in [2.24, 2.45) is 0 Å². The number of carbonyl (C=O) groups excluding carboxylic acids is 1. The van der Waals surface area contributed by atoms with Gasteiger partial charge in [-0.3, -0.25) is 4.90 Å². The Balaban J connectivity index is 1.88. The van der Waals surface area contributed by atoms with E-state index < -0.39 is 29.3 Å². The van der Waals surface area contributed by atoms with Crippen molar-refractivity contribution < 1.29 is 27.1 Å². The molecule has 0 aromatic heterocycles. The van der Waals surface area contributed by atoms with Crippen LogP contribution in [-0.2, 0) is 10.9 Å². The Morgan fingerprint density at radius 3 is 2.42 bits per heavy atom. The zero-order valence-electron chi connectivity index (χ0n) is 14.9. The van der Waals surface area contributed by atoms with Crippen molar-refractivity contribution in [1.29, 1.82) is 0 Å². The number of hydrogen-bond acceptors (Lipinski definition) is 2. The molecule has 2 atom stereocenters. The lowest BCUT2D eigenvalue weighted by Gasteiger charge is -2.35. The van der Waals surface area contributed by atoms with Gasteiger partial charge in [0, 0.05) is 6.04 Å². The minimum atomic E-state index is -4.60. The van der Waals surface area contributed by atoms with Gasteiger partial charge >= 0.3 is 12.3 Å². The number of hydrogen-bond donors (Lipinski definition) is 0. The van der Waals surface area contributed by atoms with E-state index in [4.69, 9.17) is 4.74 Å². The van der Waals surface area contributed by atoms with E-state index in [1.807, 2.05) is 0 Å². The molecule has 3 rings (SSSR count). The molecule has 2 unspecified atom stereocenters. The Morgan fingerprint density at radius 1 is 1.15 bits per heavy atom. The van der Waals surface area contributed by atoms with Crippen LogP contribution in [0.15, 0.2) is 24.3 Å². The number of fused-ring (bicyclic) bond motifs is 2. The lowest BCUT2D eigenvalue weighted by molar-refractivity contribution is -0.137. The van der Waals surface area contributed by atoms with Crippen LogP contribution in [0.25, 0.3) is 5.57 Å². The fourth-order valence-corrected chi connectivity index (χ4v) is 3.58. The second kappa shape index (κ2) is 6.28. The summed E-state index contributed by atoms with van der Waals surface area (Å²) in [5.74, 6) is -0.919. The van der Waals surface area contributed by atoms with Crippen LogP contribution in [0.5, 0.6) is 0 Å². The fourth-order valence-electron chi connectivity index (χ4n) is 3.58. The van der Waals surface area contributed by atoms with E-state index >= 15 is 0 Å². The van der Waals surface area contributed by atoms with Gasteiger partial charge in [-0.15, -0.1) is 0 Å². The van der Waals surface area contributed by atoms with Crippen molar-refractivity contribution in [2.75, 3.05) is 0 Å². The molecule has 0 aliphatic carbocycles. The Bertz CT molecular complexity index is 749. The van der Waals surface area contributed by atoms with E-state index in [1.165, 1.54) is 0 Å². The highest BCUT2D eigenvalue weighted by Crippen LogP contribution is 2.40. The van der Waals surface area contributed by atoms with Crippen molar-refractivity contribution in [1.82, 2.24) is 4.90 Å². The third kappa shape index (κ3) is 3.86. The molecule has 0 N–H and O–H groups in total. The van der Waals surface area contributed by atoms with Crippen LogP contribution in [0.4, 0.5) is 22.4 Å². The van der Waals surface area contributed by atoms with Gasteiger partial charge in [0.1, 0.15) is 11.4 Å². The highest BCUT2D eigenvalue weighted by atomic mass is 19.4. The topological polar surface area (TPSA) is 29.5 Å². The first kappa shape index (κ1) is 18.7. The van der Waals surface area contributed by atoms with E-state index in [1.54, 1.807) is 31.7 Å². The number of halogens is 4. The van der Waals surface area contributed by atoms with E-state index in [2.05, 4.69) is 0 Å². The van der Waals surface area contributed by atoms with Gasteiger partial charge in [0.05, 0.1) is 11.6 Å². The van der Waals surface area contributed by atoms with E-state index in [-0.39, 0.29) is 17.6 Å². The van der Waals surface area contributed by atoms with Crippen LogP contribution in [0.2, 0.25) is 0 Å². The maximum absolute atomic E-state index is 13.7. The van der Waals surface area contributed by atoms with Gasteiger partial charge < -0.3 is 4.74 Å². The van der Waals surface area contributed by atoms with Crippen LogP contribution in [-0.4, -0.2) is 28.7 Å². The van der Waals surface area contributed by atoms with Crippen LogP contribution in [0, 0.1) is 5.82 Å². The summed E-state index contributed by atoms with van der Waals surface area (Å²) < 4.78 is 58.0. The number of amides is 1. The Labute approximate surface area is 149 Å². The molecule has 2 heterocycles. The second-order valence-corrected chi connectivity index (χ2v) is 7.81. The smallest absolute Gasteiger partial charge is 0.416 e. The SMILES string of the molecule is CC(C)(C)OC(=O)N1C2C=C(c3cc(F)cc(C(F)(F)F)c3)CC1CC2. The second-order valence-electron chi connectivity index (χ2n) is 7.81. The lowest BCUT2D eigenvalue weighted by Crippen LogP contribution is -2.45. The molecular formula is C19H21F4NO2. The van der Waals surface area contributed by atoms with Gasteiger partial charge in [0.2, 0.25) is 0 Å². The molecule has 2 aliphatic rings. The molecule has 0 saturated carbocycles. The number of benzene rings is 1. The van der Waals surface area contributed by atoms with Gasteiger partial charge in [-0.25, -0.2) is 9.18 Å². The third-order valence-corrected chi connectivity index (χ3v) is 4.60. The van der Waals surface area contributed by atoms with Crippen LogP contribution in [0.3, 0.4) is 0 Å². The predicted molar refractivity (Wildman–Crippen MR) is 88.9 cm³/mol. The summed E-state index contributed by atoms with van der Waals surface area (Å²) in [4.78, 5) is 14.1. The molecule has 1 amide bonds. The van der Waals surface area contributed by atoms with E-state index in [0.29, 0.717) is 18.1 Å².